The summed E-state index contributed by atoms with van der Waals surface area (Å²) in [5, 5.41) is 0.912. The number of benzene rings is 1. The number of rotatable bonds is 9. The van der Waals surface area contributed by atoms with Gasteiger partial charge in [-0.1, -0.05) is 39.0 Å². The second-order valence-electron chi connectivity index (χ2n) is 7.75. The van der Waals surface area contributed by atoms with Crippen molar-refractivity contribution in [3.05, 3.63) is 57.0 Å². The van der Waals surface area contributed by atoms with Gasteiger partial charge >= 0.3 is 5.69 Å². The van der Waals surface area contributed by atoms with E-state index in [4.69, 9.17) is 0 Å². The molecule has 166 valence electrons. The van der Waals surface area contributed by atoms with Crippen LogP contribution in [0, 0.1) is 5.92 Å². The van der Waals surface area contributed by atoms with E-state index in [1.54, 1.807) is 4.57 Å². The zero-order chi connectivity index (χ0) is 22.5. The molecule has 2 heterocycles. The zero-order valence-corrected chi connectivity index (χ0v) is 20.0. The fourth-order valence-corrected chi connectivity index (χ4v) is 5.59. The summed E-state index contributed by atoms with van der Waals surface area (Å²) >= 11 is 1.40. The van der Waals surface area contributed by atoms with Crippen LogP contribution in [0.2, 0.25) is 0 Å². The van der Waals surface area contributed by atoms with E-state index in [1.807, 2.05) is 37.3 Å². The molecule has 0 aliphatic rings. The summed E-state index contributed by atoms with van der Waals surface area (Å²) in [7, 11) is 0.354. The first kappa shape index (κ1) is 23.4. The fraction of sp³-hybridized carbons (Fsp3) is 0.455. The zero-order valence-electron chi connectivity index (χ0n) is 18.3. The van der Waals surface area contributed by atoms with Gasteiger partial charge in [0.15, 0.2) is 5.65 Å². The molecule has 31 heavy (non-hydrogen) atoms. The molecule has 0 N–H and O–H groups in total. The lowest BCUT2D eigenvalue weighted by atomic mass is 10.1. The van der Waals surface area contributed by atoms with E-state index in [-0.39, 0.29) is 5.69 Å². The summed E-state index contributed by atoms with van der Waals surface area (Å²) < 4.78 is 15.3. The molecule has 0 saturated heterocycles. The average Bonchev–Trinajstić information content (AvgIpc) is 2.75. The molecule has 0 spiro atoms. The first-order valence-electron chi connectivity index (χ1n) is 10.4. The van der Waals surface area contributed by atoms with Crippen molar-refractivity contribution in [3.63, 3.8) is 0 Å². The number of hydrogen-bond donors (Lipinski definition) is 0. The third kappa shape index (κ3) is 5.33. The number of aromatic nitrogens is 4. The lowest BCUT2D eigenvalue weighted by molar-refractivity contribution is 0.592. The molecule has 2 aromatic heterocycles. The Morgan fingerprint density at radius 1 is 1.13 bits per heavy atom. The minimum atomic E-state index is -1.13. The van der Waals surface area contributed by atoms with Crippen LogP contribution in [0.3, 0.4) is 0 Å². The molecule has 7 nitrogen and oxygen atoms in total. The number of fused-ring (bicyclic) bond motifs is 1. The first-order valence-corrected chi connectivity index (χ1v) is 12.7. The normalized spacial score (nSPS) is 12.5. The molecule has 3 rings (SSSR count). The average molecular weight is 461 g/mol. The van der Waals surface area contributed by atoms with Crippen molar-refractivity contribution in [2.24, 2.45) is 13.0 Å². The van der Waals surface area contributed by atoms with E-state index in [1.165, 1.54) is 18.8 Å². The van der Waals surface area contributed by atoms with Gasteiger partial charge in [-0.25, -0.2) is 14.8 Å². The Hall–Kier alpha value is -2.26. The molecule has 9 heteroatoms. The molecule has 0 saturated carbocycles. The topological polar surface area (TPSA) is 86.9 Å². The van der Waals surface area contributed by atoms with E-state index in [0.29, 0.717) is 52.3 Å². The Bertz CT molecular complexity index is 1200. The van der Waals surface area contributed by atoms with Crippen molar-refractivity contribution in [1.82, 2.24) is 19.1 Å². The third-order valence-electron chi connectivity index (χ3n) is 4.75. The van der Waals surface area contributed by atoms with Gasteiger partial charge in [0.05, 0.1) is 10.8 Å². The van der Waals surface area contributed by atoms with Crippen molar-refractivity contribution in [1.29, 1.82) is 0 Å². The molecular weight excluding hydrogens is 432 g/mol. The number of thioether (sulfide) groups is 1. The Kier molecular flexibility index (Phi) is 7.83. The molecule has 1 aromatic carbocycles. The van der Waals surface area contributed by atoms with E-state index >= 15 is 0 Å². The molecule has 1 atom stereocenters. The second kappa shape index (κ2) is 10.4. The first-order chi connectivity index (χ1) is 14.8. The highest BCUT2D eigenvalue weighted by Gasteiger charge is 2.19. The van der Waals surface area contributed by atoms with Gasteiger partial charge in [0, 0.05) is 36.4 Å². The highest BCUT2D eigenvalue weighted by atomic mass is 32.2. The number of hydrogen-bond acceptors (Lipinski definition) is 6. The van der Waals surface area contributed by atoms with Crippen molar-refractivity contribution in [3.8, 4) is 0 Å². The van der Waals surface area contributed by atoms with Crippen LogP contribution >= 0.6 is 11.8 Å². The van der Waals surface area contributed by atoms with Gasteiger partial charge in [-0.2, -0.15) is 0 Å². The van der Waals surface area contributed by atoms with Gasteiger partial charge in [-0.15, -0.1) is 11.8 Å². The number of aryl methyl sites for hydroxylation is 1. The maximum atomic E-state index is 13.0. The summed E-state index contributed by atoms with van der Waals surface area (Å²) in [5.74, 6) is 1.92. The van der Waals surface area contributed by atoms with Gasteiger partial charge in [0.25, 0.3) is 5.56 Å². The van der Waals surface area contributed by atoms with Crippen molar-refractivity contribution in [2.45, 2.75) is 50.1 Å². The van der Waals surface area contributed by atoms with Gasteiger partial charge < -0.3 is 0 Å². The van der Waals surface area contributed by atoms with E-state index in [0.717, 1.165) is 15.9 Å². The Balaban J connectivity index is 2.03. The highest BCUT2D eigenvalue weighted by Crippen LogP contribution is 2.24. The third-order valence-corrected chi connectivity index (χ3v) is 7.36. The van der Waals surface area contributed by atoms with Gasteiger partial charge in [0.2, 0.25) is 0 Å². The summed E-state index contributed by atoms with van der Waals surface area (Å²) in [6, 6.07) is 9.33. The van der Waals surface area contributed by atoms with Gasteiger partial charge in [-0.05, 0) is 24.5 Å². The maximum absolute atomic E-state index is 13.0. The van der Waals surface area contributed by atoms with Crippen molar-refractivity contribution in [2.75, 3.05) is 11.5 Å². The highest BCUT2D eigenvalue weighted by molar-refractivity contribution is 8.00. The van der Waals surface area contributed by atoms with Crippen LogP contribution < -0.4 is 11.2 Å². The minimum Gasteiger partial charge on any atom is -0.277 e. The molecule has 0 fully saturated rings. The van der Waals surface area contributed by atoms with Gasteiger partial charge in [-0.3, -0.25) is 18.1 Å². The minimum absolute atomic E-state index is 0.332. The van der Waals surface area contributed by atoms with Crippen LogP contribution in [0.4, 0.5) is 0 Å². The Morgan fingerprint density at radius 3 is 2.48 bits per heavy atom. The molecule has 0 aliphatic heterocycles. The van der Waals surface area contributed by atoms with Crippen LogP contribution in [0.25, 0.3) is 11.0 Å². The van der Waals surface area contributed by atoms with Crippen molar-refractivity contribution < 1.29 is 4.21 Å². The van der Waals surface area contributed by atoms with Crippen LogP contribution in [-0.4, -0.2) is 34.8 Å². The van der Waals surface area contributed by atoms with Crippen LogP contribution in [0.15, 0.2) is 49.8 Å². The fourth-order valence-electron chi connectivity index (χ4n) is 3.27. The summed E-state index contributed by atoms with van der Waals surface area (Å²) in [6.07, 6.45) is 1.39. The molecule has 0 bridgehead atoms. The molecule has 3 aromatic rings. The molecule has 1 unspecified atom stereocenters. The Morgan fingerprint density at radius 2 is 1.84 bits per heavy atom. The summed E-state index contributed by atoms with van der Waals surface area (Å²) in [6.45, 7) is 6.61. The largest absolute Gasteiger partial charge is 0.332 e. The SMILES string of the molecule is CCCn1c(=O)n(C)c(=O)c2c(SCCS(=O)c3ccccc3)nc(CC(C)C)nc21. The maximum Gasteiger partial charge on any atom is 0.332 e. The second-order valence-corrected chi connectivity index (χ2v) is 10.4. The summed E-state index contributed by atoms with van der Waals surface area (Å²) in [5.41, 5.74) is -0.364. The Labute approximate surface area is 188 Å². The van der Waals surface area contributed by atoms with Crippen LogP contribution in [0.5, 0.6) is 0 Å². The lowest BCUT2D eigenvalue weighted by Gasteiger charge is -2.14. The molecule has 0 radical (unpaired) electrons. The molecule has 0 amide bonds. The van der Waals surface area contributed by atoms with Crippen LogP contribution in [0.1, 0.15) is 33.0 Å². The van der Waals surface area contributed by atoms with Gasteiger partial charge in [0.1, 0.15) is 16.2 Å². The van der Waals surface area contributed by atoms with E-state index in [2.05, 4.69) is 23.8 Å². The lowest BCUT2D eigenvalue weighted by Crippen LogP contribution is -2.39. The van der Waals surface area contributed by atoms with E-state index in [9.17, 15) is 13.8 Å². The predicted octanol–water partition coefficient (Wildman–Crippen LogP) is 3.00. The smallest absolute Gasteiger partial charge is 0.277 e. The monoisotopic (exact) mass is 460 g/mol. The van der Waals surface area contributed by atoms with Crippen LogP contribution in [-0.2, 0) is 30.8 Å². The van der Waals surface area contributed by atoms with Crippen molar-refractivity contribution >= 4 is 33.6 Å². The quantitative estimate of drug-likeness (QED) is 0.360. The van der Waals surface area contributed by atoms with E-state index < -0.39 is 16.4 Å². The summed E-state index contributed by atoms with van der Waals surface area (Å²) in [4.78, 5) is 35.8. The molecular formula is C22H28N4O3S2. The molecule has 0 aliphatic carbocycles. The predicted molar refractivity (Wildman–Crippen MR) is 126 cm³/mol. The number of nitrogens with zero attached hydrogens (tertiary/aromatic N) is 4. The standard InChI is InChI=1S/C22H28N4O3S2/c1-5-11-26-19-18(21(27)25(4)22(26)28)20(24-17(23-19)14-15(2)3)30-12-13-31(29)16-9-7-6-8-10-16/h6-10,15H,5,11-14H2,1-4H3.